The fraction of sp³-hybridized carbons (Fsp3) is 0. The molecular weight excluding hydrogens is 687 g/mol. The van der Waals surface area contributed by atoms with Crippen LogP contribution in [-0.2, 0) is 0 Å². The molecule has 0 unspecified atom stereocenters. The minimum absolute atomic E-state index is 0.837. The van der Waals surface area contributed by atoms with Crippen LogP contribution in [0.3, 0.4) is 0 Å². The van der Waals surface area contributed by atoms with Crippen LogP contribution in [0.2, 0.25) is 0 Å². The van der Waals surface area contributed by atoms with Gasteiger partial charge in [0.05, 0.1) is 27.8 Å². The van der Waals surface area contributed by atoms with Gasteiger partial charge in [-0.05, 0) is 66.7 Å². The van der Waals surface area contributed by atoms with Crippen LogP contribution in [-0.4, -0.2) is 24.1 Å². The predicted molar refractivity (Wildman–Crippen MR) is 228 cm³/mol. The maximum absolute atomic E-state index is 6.35. The smallest absolute Gasteiger partial charge is 0.136 e. The molecule has 12 aromatic rings. The van der Waals surface area contributed by atoms with Crippen molar-refractivity contribution in [1.82, 2.24) is 24.1 Å². The van der Waals surface area contributed by atoms with Crippen LogP contribution < -0.4 is 0 Å². The third-order valence-corrected chi connectivity index (χ3v) is 11.2. The van der Waals surface area contributed by atoms with Crippen molar-refractivity contribution >= 4 is 65.6 Å². The molecule has 0 fully saturated rings. The summed E-state index contributed by atoms with van der Waals surface area (Å²) in [5.74, 6) is 0. The Morgan fingerprint density at radius 2 is 0.946 bits per heavy atom. The highest BCUT2D eigenvalue weighted by molar-refractivity contribution is 6.17. The number of hydrogen-bond acceptors (Lipinski definition) is 3. The molecule has 8 aromatic carbocycles. The SMILES string of the molecule is c1ccc(-c2nnn(-c3ccccc3)c2-c2ccc3c4ccccc4n(-c4cccc(-n5c6ccccc6c6cc7oc8ccccc8c7cc65)c4)c3c2)cc1. The van der Waals surface area contributed by atoms with Gasteiger partial charge in [0.15, 0.2) is 0 Å². The van der Waals surface area contributed by atoms with Gasteiger partial charge in [-0.2, -0.15) is 0 Å². The quantitative estimate of drug-likeness (QED) is 0.178. The number of hydrogen-bond donors (Lipinski definition) is 0. The number of aromatic nitrogens is 5. The van der Waals surface area contributed by atoms with Crippen LogP contribution >= 0.6 is 0 Å². The first-order chi connectivity index (χ1) is 27.8. The van der Waals surface area contributed by atoms with Gasteiger partial charge in [-0.3, -0.25) is 0 Å². The Kier molecular flexibility index (Phi) is 6.53. The zero-order valence-corrected chi connectivity index (χ0v) is 30.0. The van der Waals surface area contributed by atoms with Crippen LogP contribution in [0.5, 0.6) is 0 Å². The molecule has 0 aliphatic heterocycles. The Morgan fingerprint density at radius 1 is 0.357 bits per heavy atom. The largest absolute Gasteiger partial charge is 0.456 e. The number of furan rings is 1. The molecule has 6 nitrogen and oxygen atoms in total. The summed E-state index contributed by atoms with van der Waals surface area (Å²) in [6.07, 6.45) is 0. The summed E-state index contributed by atoms with van der Waals surface area (Å²) < 4.78 is 13.1. The number of rotatable bonds is 5. The second-order valence-corrected chi connectivity index (χ2v) is 14.3. The topological polar surface area (TPSA) is 53.7 Å². The normalized spacial score (nSPS) is 11.9. The van der Waals surface area contributed by atoms with Crippen molar-refractivity contribution in [2.75, 3.05) is 0 Å². The molecule has 56 heavy (non-hydrogen) atoms. The molecular formula is C50H31N5O. The third kappa shape index (κ3) is 4.50. The summed E-state index contributed by atoms with van der Waals surface area (Å²) in [6.45, 7) is 0. The van der Waals surface area contributed by atoms with E-state index >= 15 is 0 Å². The number of fused-ring (bicyclic) bond motifs is 9. The van der Waals surface area contributed by atoms with Crippen LogP contribution in [0.4, 0.5) is 0 Å². The minimum Gasteiger partial charge on any atom is -0.456 e. The van der Waals surface area contributed by atoms with Gasteiger partial charge < -0.3 is 13.6 Å². The maximum atomic E-state index is 6.35. The molecule has 12 rings (SSSR count). The van der Waals surface area contributed by atoms with E-state index in [1.54, 1.807) is 0 Å². The van der Waals surface area contributed by atoms with Crippen LogP contribution in [0, 0.1) is 0 Å². The Hall–Kier alpha value is -7.70. The van der Waals surface area contributed by atoms with Crippen molar-refractivity contribution in [1.29, 1.82) is 0 Å². The Bertz CT molecular complexity index is 3420. The van der Waals surface area contributed by atoms with Crippen molar-refractivity contribution < 1.29 is 4.42 Å². The predicted octanol–water partition coefficient (Wildman–Crippen LogP) is 12.7. The first-order valence-electron chi connectivity index (χ1n) is 18.8. The van der Waals surface area contributed by atoms with Crippen molar-refractivity contribution in [2.24, 2.45) is 0 Å². The molecule has 0 aliphatic carbocycles. The molecule has 0 bridgehead atoms. The van der Waals surface area contributed by atoms with E-state index in [4.69, 9.17) is 14.7 Å². The van der Waals surface area contributed by atoms with Gasteiger partial charge in [0.1, 0.15) is 22.6 Å². The lowest BCUT2D eigenvalue weighted by atomic mass is 10.0. The monoisotopic (exact) mass is 717 g/mol. The second kappa shape index (κ2) is 11.9. The lowest BCUT2D eigenvalue weighted by molar-refractivity contribution is 0.669. The number of benzene rings is 8. The first kappa shape index (κ1) is 30.7. The molecule has 0 amide bonds. The zero-order chi connectivity index (χ0) is 36.7. The molecule has 262 valence electrons. The van der Waals surface area contributed by atoms with Gasteiger partial charge in [-0.1, -0.05) is 127 Å². The fourth-order valence-corrected chi connectivity index (χ4v) is 8.71. The highest BCUT2D eigenvalue weighted by Crippen LogP contribution is 2.41. The summed E-state index contributed by atoms with van der Waals surface area (Å²) in [4.78, 5) is 0. The molecule has 0 radical (unpaired) electrons. The molecule has 0 atom stereocenters. The molecule has 0 saturated carbocycles. The highest BCUT2D eigenvalue weighted by Gasteiger charge is 2.22. The molecule has 6 heteroatoms. The summed E-state index contributed by atoms with van der Waals surface area (Å²) >= 11 is 0. The van der Waals surface area contributed by atoms with Gasteiger partial charge in [0, 0.05) is 54.8 Å². The molecule has 0 spiro atoms. The Morgan fingerprint density at radius 3 is 1.70 bits per heavy atom. The molecule has 4 heterocycles. The number of nitrogens with zero attached hydrogens (tertiary/aromatic N) is 5. The zero-order valence-electron chi connectivity index (χ0n) is 30.0. The fourth-order valence-electron chi connectivity index (χ4n) is 8.71. The van der Waals surface area contributed by atoms with E-state index < -0.39 is 0 Å². The average molecular weight is 718 g/mol. The molecule has 0 aliphatic rings. The molecule has 0 saturated heterocycles. The van der Waals surface area contributed by atoms with E-state index in [1.807, 2.05) is 53.2 Å². The number of para-hydroxylation sites is 4. The van der Waals surface area contributed by atoms with Crippen LogP contribution in [0.15, 0.2) is 192 Å². The van der Waals surface area contributed by atoms with Crippen molar-refractivity contribution in [2.45, 2.75) is 0 Å². The summed E-state index contributed by atoms with van der Waals surface area (Å²) in [7, 11) is 0. The third-order valence-electron chi connectivity index (χ3n) is 11.2. The lowest BCUT2D eigenvalue weighted by Gasteiger charge is -2.14. The first-order valence-corrected chi connectivity index (χ1v) is 18.8. The molecule has 4 aromatic heterocycles. The summed E-state index contributed by atoms with van der Waals surface area (Å²) in [5, 5.41) is 16.4. The van der Waals surface area contributed by atoms with Crippen molar-refractivity contribution in [3.63, 3.8) is 0 Å². The van der Waals surface area contributed by atoms with Crippen molar-refractivity contribution in [3.8, 4) is 39.6 Å². The van der Waals surface area contributed by atoms with Crippen LogP contribution in [0.25, 0.3) is 105 Å². The minimum atomic E-state index is 0.837. The second-order valence-electron chi connectivity index (χ2n) is 14.3. The van der Waals surface area contributed by atoms with E-state index in [0.717, 1.165) is 89.0 Å². The van der Waals surface area contributed by atoms with Gasteiger partial charge in [-0.15, -0.1) is 5.10 Å². The van der Waals surface area contributed by atoms with E-state index in [-0.39, 0.29) is 0 Å². The Labute approximate surface area is 320 Å². The van der Waals surface area contributed by atoms with E-state index in [9.17, 15) is 0 Å². The maximum Gasteiger partial charge on any atom is 0.136 e. The van der Waals surface area contributed by atoms with Gasteiger partial charge in [-0.25, -0.2) is 4.68 Å². The van der Waals surface area contributed by atoms with Gasteiger partial charge in [0.25, 0.3) is 0 Å². The van der Waals surface area contributed by atoms with Crippen LogP contribution in [0.1, 0.15) is 0 Å². The van der Waals surface area contributed by atoms with E-state index in [2.05, 4.69) is 149 Å². The van der Waals surface area contributed by atoms with E-state index in [0.29, 0.717) is 0 Å². The van der Waals surface area contributed by atoms with Crippen molar-refractivity contribution in [3.05, 3.63) is 188 Å². The molecule has 0 N–H and O–H groups in total. The Balaban J connectivity index is 1.10. The highest BCUT2D eigenvalue weighted by atomic mass is 16.3. The summed E-state index contributed by atoms with van der Waals surface area (Å²) in [5.41, 5.74) is 13.3. The lowest BCUT2D eigenvalue weighted by Crippen LogP contribution is -2.00. The average Bonchev–Trinajstić information content (AvgIpc) is 4.03. The van der Waals surface area contributed by atoms with Gasteiger partial charge >= 0.3 is 0 Å². The van der Waals surface area contributed by atoms with Gasteiger partial charge in [0.2, 0.25) is 0 Å². The standard InChI is InChI=1S/C50H31N5O/c1-3-14-32(15-4-1)49-50(55(52-51-49)34-16-5-2-6-17-34)33-26-27-39-37-20-7-10-23-43(37)53(45(39)28-33)35-18-13-19-36(29-35)54-44-24-11-8-21-38(44)41-31-48-42(30-46(41)54)40-22-9-12-25-47(40)56-48/h1-31H. The summed E-state index contributed by atoms with van der Waals surface area (Å²) in [6, 6.07) is 66.3. The van der Waals surface area contributed by atoms with E-state index in [1.165, 1.54) is 16.2 Å².